The Morgan fingerprint density at radius 1 is 1.29 bits per heavy atom. The van der Waals surface area contributed by atoms with E-state index in [4.69, 9.17) is 0 Å². The topological polar surface area (TPSA) is 43.6 Å². The number of halogens is 5. The first kappa shape index (κ1) is 11.9. The van der Waals surface area contributed by atoms with E-state index in [1.807, 2.05) is 0 Å². The molecule has 0 aromatic carbocycles. The van der Waals surface area contributed by atoms with Crippen LogP contribution >= 0.6 is 11.3 Å². The molecule has 0 fully saturated rings. The SMILES string of the molecule is FC(F)c1[c]cnn1-c1nnc(C(F)(F)F)s1. The first-order valence-electron chi connectivity index (χ1n) is 4.04. The highest BCUT2D eigenvalue weighted by Gasteiger charge is 2.36. The molecule has 2 heterocycles. The molecule has 0 N–H and O–H groups in total. The quantitative estimate of drug-likeness (QED) is 0.787. The molecule has 0 aliphatic rings. The fourth-order valence-corrected chi connectivity index (χ4v) is 1.68. The van der Waals surface area contributed by atoms with Gasteiger partial charge in [0.15, 0.2) is 0 Å². The molecule has 91 valence electrons. The van der Waals surface area contributed by atoms with E-state index in [1.165, 1.54) is 0 Å². The van der Waals surface area contributed by atoms with Crippen LogP contribution in [0.3, 0.4) is 0 Å². The molecule has 4 nitrogen and oxygen atoms in total. The Kier molecular flexibility index (Phi) is 2.81. The summed E-state index contributed by atoms with van der Waals surface area (Å²) < 4.78 is 62.1. The summed E-state index contributed by atoms with van der Waals surface area (Å²) in [6.45, 7) is 0. The maximum absolute atomic E-state index is 12.4. The fourth-order valence-electron chi connectivity index (χ4n) is 1.000. The maximum Gasteiger partial charge on any atom is 0.445 e. The molecule has 0 amide bonds. The van der Waals surface area contributed by atoms with Crippen molar-refractivity contribution in [2.24, 2.45) is 0 Å². The van der Waals surface area contributed by atoms with Crippen LogP contribution in [0.15, 0.2) is 6.20 Å². The number of aromatic nitrogens is 4. The molecule has 1 radical (unpaired) electrons. The molecule has 10 heteroatoms. The summed E-state index contributed by atoms with van der Waals surface area (Å²) in [6, 6.07) is 2.11. The van der Waals surface area contributed by atoms with Crippen molar-refractivity contribution in [3.63, 3.8) is 0 Å². The van der Waals surface area contributed by atoms with Gasteiger partial charge in [-0.3, -0.25) is 0 Å². The first-order valence-corrected chi connectivity index (χ1v) is 4.86. The Balaban J connectivity index is 2.41. The van der Waals surface area contributed by atoms with Gasteiger partial charge < -0.3 is 0 Å². The van der Waals surface area contributed by atoms with Gasteiger partial charge >= 0.3 is 6.18 Å². The number of alkyl halides is 5. The van der Waals surface area contributed by atoms with Crippen LogP contribution in [-0.2, 0) is 6.18 Å². The zero-order valence-corrected chi connectivity index (χ0v) is 8.56. The largest absolute Gasteiger partial charge is 0.445 e. The normalized spacial score (nSPS) is 12.4. The third-order valence-electron chi connectivity index (χ3n) is 1.66. The summed E-state index contributed by atoms with van der Waals surface area (Å²) in [6.07, 6.45) is -6.63. The van der Waals surface area contributed by atoms with E-state index in [0.29, 0.717) is 4.68 Å². The second-order valence-corrected chi connectivity index (χ2v) is 3.73. The Hall–Kier alpha value is -1.58. The van der Waals surface area contributed by atoms with E-state index in [-0.39, 0.29) is 16.5 Å². The van der Waals surface area contributed by atoms with Gasteiger partial charge in [0.05, 0.1) is 6.20 Å². The first-order chi connectivity index (χ1) is 7.89. The Labute approximate surface area is 94.7 Å². The summed E-state index contributed by atoms with van der Waals surface area (Å²) in [5.74, 6) is 0. The van der Waals surface area contributed by atoms with Crippen LogP contribution < -0.4 is 0 Å². The van der Waals surface area contributed by atoms with Crippen molar-refractivity contribution in [1.29, 1.82) is 0 Å². The minimum absolute atomic E-state index is 0.129. The van der Waals surface area contributed by atoms with Gasteiger partial charge in [0.25, 0.3) is 6.43 Å². The lowest BCUT2D eigenvalue weighted by Crippen LogP contribution is -2.03. The third-order valence-corrected chi connectivity index (χ3v) is 2.60. The Morgan fingerprint density at radius 2 is 2.00 bits per heavy atom. The van der Waals surface area contributed by atoms with Gasteiger partial charge in [0.2, 0.25) is 10.1 Å². The van der Waals surface area contributed by atoms with E-state index in [0.717, 1.165) is 6.20 Å². The molecule has 0 saturated heterocycles. The van der Waals surface area contributed by atoms with E-state index in [1.54, 1.807) is 0 Å². The Bertz CT molecular complexity index is 516. The van der Waals surface area contributed by atoms with Gasteiger partial charge in [-0.25, -0.2) is 13.5 Å². The number of hydrogen-bond donors (Lipinski definition) is 0. The lowest BCUT2D eigenvalue weighted by Gasteiger charge is -2.01. The zero-order chi connectivity index (χ0) is 12.6. The van der Waals surface area contributed by atoms with E-state index < -0.39 is 23.3 Å². The summed E-state index contributed by atoms with van der Waals surface area (Å²) in [5.41, 5.74) is -0.658. The molecule has 2 rings (SSSR count). The summed E-state index contributed by atoms with van der Waals surface area (Å²) in [4.78, 5) is 0. The molecule has 0 saturated carbocycles. The smallest absolute Gasteiger partial charge is 0.203 e. The van der Waals surface area contributed by atoms with Crippen LogP contribution in [0.25, 0.3) is 5.13 Å². The highest BCUT2D eigenvalue weighted by molar-refractivity contribution is 7.13. The molecule has 0 spiro atoms. The highest BCUT2D eigenvalue weighted by Crippen LogP contribution is 2.33. The summed E-state index contributed by atoms with van der Waals surface area (Å²) >= 11 is 0.129. The predicted octanol–water partition coefficient (Wildman–Crippen LogP) is 2.48. The van der Waals surface area contributed by atoms with E-state index in [9.17, 15) is 22.0 Å². The van der Waals surface area contributed by atoms with Crippen molar-refractivity contribution >= 4 is 11.3 Å². The summed E-state index contributed by atoms with van der Waals surface area (Å²) in [7, 11) is 0. The maximum atomic E-state index is 12.4. The molecule has 0 unspecified atom stereocenters. The molecule has 2 aromatic heterocycles. The van der Waals surface area contributed by atoms with Crippen LogP contribution in [0.1, 0.15) is 17.1 Å². The second-order valence-electron chi connectivity index (χ2n) is 2.77. The predicted molar refractivity (Wildman–Crippen MR) is 45.8 cm³/mol. The van der Waals surface area contributed by atoms with Gasteiger partial charge in [-0.1, -0.05) is 11.3 Å². The zero-order valence-electron chi connectivity index (χ0n) is 7.74. The number of nitrogens with zero attached hydrogens (tertiary/aromatic N) is 4. The molecular weight excluding hydrogens is 267 g/mol. The van der Waals surface area contributed by atoms with Crippen LogP contribution in [-0.4, -0.2) is 20.0 Å². The lowest BCUT2D eigenvalue weighted by atomic mass is 10.4. The molecule has 17 heavy (non-hydrogen) atoms. The molecule has 2 aromatic rings. The van der Waals surface area contributed by atoms with Crippen molar-refractivity contribution in [3.05, 3.63) is 23.0 Å². The van der Waals surface area contributed by atoms with E-state index >= 15 is 0 Å². The van der Waals surface area contributed by atoms with Gasteiger partial charge in [-0.2, -0.15) is 18.3 Å². The van der Waals surface area contributed by atoms with Crippen LogP contribution in [0.2, 0.25) is 0 Å². The second kappa shape index (κ2) is 4.02. The van der Waals surface area contributed by atoms with Crippen LogP contribution in [0.4, 0.5) is 22.0 Å². The van der Waals surface area contributed by atoms with Gasteiger partial charge in [0, 0.05) is 6.07 Å². The van der Waals surface area contributed by atoms with Crippen molar-refractivity contribution in [1.82, 2.24) is 20.0 Å². The molecule has 0 aliphatic carbocycles. The molecule has 0 bridgehead atoms. The molecule has 0 atom stereocenters. The van der Waals surface area contributed by atoms with E-state index in [2.05, 4.69) is 21.4 Å². The van der Waals surface area contributed by atoms with Crippen LogP contribution in [0, 0.1) is 6.07 Å². The van der Waals surface area contributed by atoms with Gasteiger partial charge in [-0.05, 0) is 0 Å². The van der Waals surface area contributed by atoms with Crippen molar-refractivity contribution in [2.45, 2.75) is 12.6 Å². The average molecular weight is 269 g/mol. The number of hydrogen-bond acceptors (Lipinski definition) is 4. The minimum Gasteiger partial charge on any atom is -0.203 e. The van der Waals surface area contributed by atoms with Gasteiger partial charge in [0.1, 0.15) is 5.69 Å². The van der Waals surface area contributed by atoms with Crippen molar-refractivity contribution < 1.29 is 22.0 Å². The van der Waals surface area contributed by atoms with Crippen molar-refractivity contribution in [2.75, 3.05) is 0 Å². The molecular formula is C7H2F5N4S. The number of rotatable bonds is 2. The standard InChI is InChI=1S/C7H2F5N4S/c8-4(9)3-1-2-13-16(3)6-15-14-5(17-6)7(10,11)12/h2,4H. The average Bonchev–Trinajstić information content (AvgIpc) is 2.85. The third kappa shape index (κ3) is 2.25. The highest BCUT2D eigenvalue weighted by atomic mass is 32.1. The summed E-state index contributed by atoms with van der Waals surface area (Å²) in [5, 5.41) is 7.86. The van der Waals surface area contributed by atoms with Crippen LogP contribution in [0.5, 0.6) is 0 Å². The fraction of sp³-hybridized carbons (Fsp3) is 0.286. The Morgan fingerprint density at radius 3 is 2.53 bits per heavy atom. The monoisotopic (exact) mass is 269 g/mol. The minimum atomic E-state index is -4.65. The lowest BCUT2D eigenvalue weighted by molar-refractivity contribution is -0.138. The van der Waals surface area contributed by atoms with Crippen molar-refractivity contribution in [3.8, 4) is 5.13 Å². The van der Waals surface area contributed by atoms with Gasteiger partial charge in [-0.15, -0.1) is 10.2 Å². The molecule has 0 aliphatic heterocycles.